The van der Waals surface area contributed by atoms with Gasteiger partial charge >= 0.3 is 0 Å². The third kappa shape index (κ3) is 3.34. The Bertz CT molecular complexity index is 887. The van der Waals surface area contributed by atoms with Crippen molar-refractivity contribution < 1.29 is 4.74 Å². The number of H-pyrrole nitrogens is 1. The van der Waals surface area contributed by atoms with Crippen molar-refractivity contribution in [1.29, 1.82) is 0 Å². The fourth-order valence-electron chi connectivity index (χ4n) is 2.47. The smallest absolute Gasteiger partial charge is 0.253 e. The van der Waals surface area contributed by atoms with E-state index in [1.54, 1.807) is 6.20 Å². The van der Waals surface area contributed by atoms with Gasteiger partial charge in [-0.05, 0) is 49.6 Å². The summed E-state index contributed by atoms with van der Waals surface area (Å²) >= 11 is 0. The van der Waals surface area contributed by atoms with Gasteiger partial charge in [-0.3, -0.25) is 4.79 Å². The van der Waals surface area contributed by atoms with Crippen LogP contribution in [-0.2, 0) is 6.54 Å². The van der Waals surface area contributed by atoms with Crippen LogP contribution in [0, 0.1) is 6.92 Å². The number of fused-ring (bicyclic) bond motifs is 1. The first-order chi connectivity index (χ1) is 11.2. The topological polar surface area (TPSA) is 67.0 Å². The zero-order chi connectivity index (χ0) is 16.2. The van der Waals surface area contributed by atoms with Crippen molar-refractivity contribution in [2.45, 2.75) is 20.4 Å². The molecule has 23 heavy (non-hydrogen) atoms. The molecular weight excluding hydrogens is 290 g/mol. The molecule has 0 aliphatic carbocycles. The molecule has 2 N–H and O–H groups in total. The van der Waals surface area contributed by atoms with Gasteiger partial charge in [0.05, 0.1) is 12.3 Å². The molecule has 2 aromatic heterocycles. The molecular formula is C18H19N3O2. The van der Waals surface area contributed by atoms with Gasteiger partial charge in [-0.15, -0.1) is 0 Å². The van der Waals surface area contributed by atoms with E-state index in [1.807, 2.05) is 44.2 Å². The Morgan fingerprint density at radius 3 is 2.96 bits per heavy atom. The van der Waals surface area contributed by atoms with E-state index in [0.717, 1.165) is 22.2 Å². The number of nitrogens with zero attached hydrogens (tertiary/aromatic N) is 1. The fourth-order valence-corrected chi connectivity index (χ4v) is 2.47. The van der Waals surface area contributed by atoms with Crippen molar-refractivity contribution in [3.63, 3.8) is 0 Å². The second kappa shape index (κ2) is 6.52. The van der Waals surface area contributed by atoms with E-state index in [2.05, 4.69) is 21.4 Å². The van der Waals surface area contributed by atoms with E-state index >= 15 is 0 Å². The largest absolute Gasteiger partial charge is 0.476 e. The Morgan fingerprint density at radius 1 is 1.26 bits per heavy atom. The number of aromatic amines is 1. The molecule has 0 bridgehead atoms. The van der Waals surface area contributed by atoms with Gasteiger partial charge in [0.15, 0.2) is 0 Å². The van der Waals surface area contributed by atoms with Gasteiger partial charge in [-0.1, -0.05) is 11.6 Å². The maximum atomic E-state index is 12.2. The Hall–Kier alpha value is -2.82. The molecule has 1 aromatic carbocycles. The molecule has 0 atom stereocenters. The lowest BCUT2D eigenvalue weighted by Gasteiger charge is -2.11. The van der Waals surface area contributed by atoms with Crippen LogP contribution in [0.2, 0.25) is 0 Å². The third-order valence-electron chi connectivity index (χ3n) is 3.60. The molecule has 0 aliphatic rings. The summed E-state index contributed by atoms with van der Waals surface area (Å²) in [5, 5.41) is 4.25. The monoisotopic (exact) mass is 309 g/mol. The predicted octanol–water partition coefficient (Wildman–Crippen LogP) is 3.24. The Morgan fingerprint density at radius 2 is 2.13 bits per heavy atom. The molecule has 0 fully saturated rings. The van der Waals surface area contributed by atoms with E-state index in [4.69, 9.17) is 4.74 Å². The normalized spacial score (nSPS) is 10.7. The van der Waals surface area contributed by atoms with Crippen molar-refractivity contribution >= 4 is 16.6 Å². The summed E-state index contributed by atoms with van der Waals surface area (Å²) < 4.78 is 5.48. The van der Waals surface area contributed by atoms with Gasteiger partial charge in [0.25, 0.3) is 5.56 Å². The molecule has 5 heteroatoms. The fraction of sp³-hybridized carbons (Fsp3) is 0.222. The van der Waals surface area contributed by atoms with Crippen molar-refractivity contribution in [2.75, 3.05) is 11.9 Å². The van der Waals surface area contributed by atoms with Crippen LogP contribution >= 0.6 is 0 Å². The Labute approximate surface area is 134 Å². The molecule has 0 radical (unpaired) electrons. The van der Waals surface area contributed by atoms with Gasteiger partial charge in [-0.25, -0.2) is 4.98 Å². The minimum absolute atomic E-state index is 0.0873. The molecule has 118 valence electrons. The summed E-state index contributed by atoms with van der Waals surface area (Å²) in [6.45, 7) is 4.90. The standard InChI is InChI=1S/C18H19N3O2/c1-3-23-18-16(5-4-8-19-18)20-11-14-10-13-9-12(2)6-7-15(13)21-17(14)22/h4-10,20H,3,11H2,1-2H3,(H,21,22). The van der Waals surface area contributed by atoms with E-state index in [1.165, 1.54) is 0 Å². The number of aryl methyl sites for hydroxylation is 1. The van der Waals surface area contributed by atoms with Crippen molar-refractivity contribution in [2.24, 2.45) is 0 Å². The number of hydrogen-bond donors (Lipinski definition) is 2. The van der Waals surface area contributed by atoms with Crippen molar-refractivity contribution in [3.8, 4) is 5.88 Å². The lowest BCUT2D eigenvalue weighted by atomic mass is 10.1. The number of aromatic nitrogens is 2. The summed E-state index contributed by atoms with van der Waals surface area (Å²) in [6, 6.07) is 11.6. The van der Waals surface area contributed by atoms with Crippen LogP contribution in [0.1, 0.15) is 18.1 Å². The molecule has 0 spiro atoms. The van der Waals surface area contributed by atoms with Crippen LogP contribution in [0.5, 0.6) is 5.88 Å². The molecule has 0 aliphatic heterocycles. The van der Waals surface area contributed by atoms with Gasteiger partial charge in [0.2, 0.25) is 5.88 Å². The highest BCUT2D eigenvalue weighted by atomic mass is 16.5. The summed E-state index contributed by atoms with van der Waals surface area (Å²) in [7, 11) is 0. The maximum Gasteiger partial charge on any atom is 0.253 e. The van der Waals surface area contributed by atoms with Gasteiger partial charge in [0, 0.05) is 23.8 Å². The summed E-state index contributed by atoms with van der Waals surface area (Å²) in [4.78, 5) is 19.3. The van der Waals surface area contributed by atoms with Crippen LogP contribution in [0.3, 0.4) is 0 Å². The van der Waals surface area contributed by atoms with Crippen LogP contribution < -0.4 is 15.6 Å². The minimum atomic E-state index is -0.0873. The summed E-state index contributed by atoms with van der Waals surface area (Å²) in [5.41, 5.74) is 3.37. The molecule has 3 aromatic rings. The van der Waals surface area contributed by atoms with Crippen LogP contribution in [0.15, 0.2) is 47.4 Å². The second-order valence-electron chi connectivity index (χ2n) is 5.36. The minimum Gasteiger partial charge on any atom is -0.476 e. The van der Waals surface area contributed by atoms with E-state index < -0.39 is 0 Å². The van der Waals surface area contributed by atoms with Crippen molar-refractivity contribution in [3.05, 3.63) is 64.1 Å². The number of anilines is 1. The molecule has 0 saturated carbocycles. The first kappa shape index (κ1) is 15.1. The van der Waals surface area contributed by atoms with Crippen LogP contribution in [0.25, 0.3) is 10.9 Å². The number of nitrogens with one attached hydrogen (secondary N) is 2. The molecule has 2 heterocycles. The molecule has 0 amide bonds. The Kier molecular flexibility index (Phi) is 4.28. The zero-order valence-corrected chi connectivity index (χ0v) is 13.2. The number of rotatable bonds is 5. The predicted molar refractivity (Wildman–Crippen MR) is 92.0 cm³/mol. The quantitative estimate of drug-likeness (QED) is 0.759. The SMILES string of the molecule is CCOc1ncccc1NCc1cc2cc(C)ccc2[nH]c1=O. The second-order valence-corrected chi connectivity index (χ2v) is 5.36. The van der Waals surface area contributed by atoms with Crippen LogP contribution in [-0.4, -0.2) is 16.6 Å². The Balaban J connectivity index is 1.87. The van der Waals surface area contributed by atoms with E-state index in [0.29, 0.717) is 24.6 Å². The summed E-state index contributed by atoms with van der Waals surface area (Å²) in [5.74, 6) is 0.545. The average molecular weight is 309 g/mol. The number of hydrogen-bond acceptors (Lipinski definition) is 4. The van der Waals surface area contributed by atoms with Gasteiger partial charge in [0.1, 0.15) is 0 Å². The maximum absolute atomic E-state index is 12.2. The van der Waals surface area contributed by atoms with E-state index in [-0.39, 0.29) is 5.56 Å². The molecule has 5 nitrogen and oxygen atoms in total. The van der Waals surface area contributed by atoms with Gasteiger partial charge in [-0.2, -0.15) is 0 Å². The number of pyridine rings is 2. The highest BCUT2D eigenvalue weighted by Gasteiger charge is 2.07. The summed E-state index contributed by atoms with van der Waals surface area (Å²) in [6.07, 6.45) is 1.68. The average Bonchev–Trinajstić information content (AvgIpc) is 2.55. The first-order valence-electron chi connectivity index (χ1n) is 7.61. The molecule has 0 saturated heterocycles. The highest BCUT2D eigenvalue weighted by molar-refractivity contribution is 5.79. The van der Waals surface area contributed by atoms with Crippen LogP contribution in [0.4, 0.5) is 5.69 Å². The zero-order valence-electron chi connectivity index (χ0n) is 13.2. The lowest BCUT2D eigenvalue weighted by molar-refractivity contribution is 0.328. The third-order valence-corrected chi connectivity index (χ3v) is 3.60. The molecule has 3 rings (SSSR count). The number of benzene rings is 1. The first-order valence-corrected chi connectivity index (χ1v) is 7.61. The number of ether oxygens (including phenoxy) is 1. The van der Waals surface area contributed by atoms with Crippen molar-refractivity contribution in [1.82, 2.24) is 9.97 Å². The van der Waals surface area contributed by atoms with Gasteiger partial charge < -0.3 is 15.0 Å². The van der Waals surface area contributed by atoms with E-state index in [9.17, 15) is 4.79 Å². The highest BCUT2D eigenvalue weighted by Crippen LogP contribution is 2.21. The molecule has 0 unspecified atom stereocenters. The lowest BCUT2D eigenvalue weighted by Crippen LogP contribution is -2.16.